The van der Waals surface area contributed by atoms with Crippen molar-refractivity contribution in [2.75, 3.05) is 11.1 Å². The third-order valence-electron chi connectivity index (χ3n) is 4.60. The number of thioether (sulfide) groups is 1. The average Bonchev–Trinajstić information content (AvgIpc) is 3.27. The number of hydrogen-bond acceptors (Lipinski definition) is 5. The highest BCUT2D eigenvalue weighted by atomic mass is 35.5. The highest BCUT2D eigenvalue weighted by Crippen LogP contribution is 2.27. The van der Waals surface area contributed by atoms with Crippen LogP contribution in [0.2, 0.25) is 10.0 Å². The van der Waals surface area contributed by atoms with Crippen LogP contribution in [0.25, 0.3) is 22.9 Å². The van der Waals surface area contributed by atoms with Crippen molar-refractivity contribution in [2.24, 2.45) is 0 Å². The first-order valence-corrected chi connectivity index (χ1v) is 11.7. The van der Waals surface area contributed by atoms with Gasteiger partial charge in [0, 0.05) is 22.6 Å². The summed E-state index contributed by atoms with van der Waals surface area (Å²) in [6.45, 7) is 2.02. The molecule has 0 spiro atoms. The molecule has 1 aromatic heterocycles. The van der Waals surface area contributed by atoms with E-state index in [1.165, 1.54) is 11.8 Å². The van der Waals surface area contributed by atoms with Crippen molar-refractivity contribution in [3.8, 4) is 22.9 Å². The van der Waals surface area contributed by atoms with Gasteiger partial charge in [-0.05, 0) is 55.0 Å². The molecule has 0 bridgehead atoms. The van der Waals surface area contributed by atoms with Gasteiger partial charge in [-0.15, -0.1) is 22.0 Å². The fourth-order valence-electron chi connectivity index (χ4n) is 2.97. The predicted molar refractivity (Wildman–Crippen MR) is 131 cm³/mol. The topological polar surface area (TPSA) is 68.0 Å². The second-order valence-electron chi connectivity index (χ2n) is 7.15. The highest BCUT2D eigenvalue weighted by Gasteiger charge is 2.12. The van der Waals surface area contributed by atoms with E-state index in [-0.39, 0.29) is 5.91 Å². The first-order valence-electron chi connectivity index (χ1n) is 9.80. The Morgan fingerprint density at radius 3 is 2.44 bits per heavy atom. The number of rotatable bonds is 7. The van der Waals surface area contributed by atoms with Gasteiger partial charge in [0.2, 0.25) is 17.7 Å². The van der Waals surface area contributed by atoms with E-state index >= 15 is 0 Å². The van der Waals surface area contributed by atoms with Crippen molar-refractivity contribution in [1.82, 2.24) is 10.2 Å². The third kappa shape index (κ3) is 5.71. The Kier molecular flexibility index (Phi) is 7.15. The Labute approximate surface area is 200 Å². The molecule has 162 valence electrons. The lowest BCUT2D eigenvalue weighted by atomic mass is 10.1. The molecule has 0 aliphatic heterocycles. The summed E-state index contributed by atoms with van der Waals surface area (Å²) in [5.74, 6) is 1.72. The zero-order chi connectivity index (χ0) is 22.5. The van der Waals surface area contributed by atoms with E-state index in [4.69, 9.17) is 27.6 Å². The Morgan fingerprint density at radius 2 is 1.69 bits per heavy atom. The van der Waals surface area contributed by atoms with Gasteiger partial charge in [-0.25, -0.2) is 0 Å². The number of nitrogens with one attached hydrogen (secondary N) is 1. The van der Waals surface area contributed by atoms with E-state index in [9.17, 15) is 4.79 Å². The fraction of sp³-hybridized carbons (Fsp3) is 0.125. The first kappa shape index (κ1) is 22.4. The Bertz CT molecular complexity index is 1240. The number of carbonyl (C=O) groups excluding carboxylic acids is 1. The fourth-order valence-corrected chi connectivity index (χ4v) is 4.07. The number of aryl methyl sites for hydroxylation is 1. The van der Waals surface area contributed by atoms with Crippen LogP contribution < -0.4 is 5.32 Å². The Hall–Kier alpha value is -2.80. The largest absolute Gasteiger partial charge is 0.416 e. The minimum Gasteiger partial charge on any atom is -0.416 e. The Balaban J connectivity index is 1.36. The van der Waals surface area contributed by atoms with Crippen LogP contribution in [0.4, 0.5) is 5.69 Å². The lowest BCUT2D eigenvalue weighted by Gasteiger charge is -2.07. The summed E-state index contributed by atoms with van der Waals surface area (Å²) in [4.78, 5) is 12.4. The van der Waals surface area contributed by atoms with Crippen molar-refractivity contribution in [2.45, 2.75) is 12.7 Å². The molecule has 1 amide bonds. The molecule has 8 heteroatoms. The first-order chi connectivity index (χ1) is 15.5. The standard InChI is InChI=1S/C24H19Cl2N3O2S/c1-15-5-8-17(9-6-15)23-28-29-24(31-23)18-3-2-4-19(12-18)27-22(30)14-32-13-16-7-10-20(25)21(26)11-16/h2-12H,13-14H2,1H3,(H,27,30). The SMILES string of the molecule is Cc1ccc(-c2nnc(-c3cccc(NC(=O)CSCc4ccc(Cl)c(Cl)c4)c3)o2)cc1. The summed E-state index contributed by atoms with van der Waals surface area (Å²) in [7, 11) is 0. The minimum absolute atomic E-state index is 0.0990. The van der Waals surface area contributed by atoms with Crippen LogP contribution in [-0.2, 0) is 10.5 Å². The zero-order valence-electron chi connectivity index (χ0n) is 17.1. The second-order valence-corrected chi connectivity index (χ2v) is 8.95. The van der Waals surface area contributed by atoms with Gasteiger partial charge in [-0.3, -0.25) is 4.79 Å². The predicted octanol–water partition coefficient (Wildman–Crippen LogP) is 6.89. The summed E-state index contributed by atoms with van der Waals surface area (Å²) >= 11 is 13.5. The minimum atomic E-state index is -0.0990. The molecule has 0 unspecified atom stereocenters. The number of nitrogens with zero attached hydrogens (tertiary/aromatic N) is 2. The molecule has 3 aromatic carbocycles. The maximum Gasteiger partial charge on any atom is 0.248 e. The van der Waals surface area contributed by atoms with Gasteiger partial charge in [0.1, 0.15) is 0 Å². The van der Waals surface area contributed by atoms with E-state index in [2.05, 4.69) is 15.5 Å². The molecule has 1 heterocycles. The summed E-state index contributed by atoms with van der Waals surface area (Å²) in [6.07, 6.45) is 0. The third-order valence-corrected chi connectivity index (χ3v) is 6.35. The number of benzene rings is 3. The van der Waals surface area contributed by atoms with Crippen LogP contribution in [0, 0.1) is 6.92 Å². The van der Waals surface area contributed by atoms with Gasteiger partial charge in [0.05, 0.1) is 15.8 Å². The van der Waals surface area contributed by atoms with Gasteiger partial charge in [0.15, 0.2) is 0 Å². The molecule has 0 saturated carbocycles. The summed E-state index contributed by atoms with van der Waals surface area (Å²) in [5, 5.41) is 12.2. The summed E-state index contributed by atoms with van der Waals surface area (Å²) < 4.78 is 5.83. The van der Waals surface area contributed by atoms with E-state index in [1.54, 1.807) is 6.07 Å². The summed E-state index contributed by atoms with van der Waals surface area (Å²) in [5.41, 5.74) is 4.43. The van der Waals surface area contributed by atoms with Crippen molar-refractivity contribution in [1.29, 1.82) is 0 Å². The van der Waals surface area contributed by atoms with Crippen LogP contribution in [0.5, 0.6) is 0 Å². The quantitative estimate of drug-likeness (QED) is 0.309. The monoisotopic (exact) mass is 483 g/mol. The van der Waals surface area contributed by atoms with Gasteiger partial charge in [-0.1, -0.05) is 53.0 Å². The van der Waals surface area contributed by atoms with Gasteiger partial charge in [0.25, 0.3) is 0 Å². The number of hydrogen-bond donors (Lipinski definition) is 1. The highest BCUT2D eigenvalue weighted by molar-refractivity contribution is 7.99. The molecule has 32 heavy (non-hydrogen) atoms. The number of carbonyl (C=O) groups is 1. The maximum atomic E-state index is 12.4. The van der Waals surface area contributed by atoms with E-state index < -0.39 is 0 Å². The molecule has 0 radical (unpaired) electrons. The molecular formula is C24H19Cl2N3O2S. The van der Waals surface area contributed by atoms with Crippen LogP contribution in [0.15, 0.2) is 71.1 Å². The van der Waals surface area contributed by atoms with Crippen molar-refractivity contribution < 1.29 is 9.21 Å². The normalized spacial score (nSPS) is 10.8. The number of amides is 1. The molecule has 5 nitrogen and oxygen atoms in total. The lowest BCUT2D eigenvalue weighted by Crippen LogP contribution is -2.14. The van der Waals surface area contributed by atoms with E-state index in [0.717, 1.165) is 22.3 Å². The van der Waals surface area contributed by atoms with Crippen LogP contribution in [0.3, 0.4) is 0 Å². The van der Waals surface area contributed by atoms with Crippen LogP contribution in [-0.4, -0.2) is 21.9 Å². The Morgan fingerprint density at radius 1 is 0.938 bits per heavy atom. The van der Waals surface area contributed by atoms with Crippen molar-refractivity contribution >= 4 is 46.6 Å². The molecule has 1 N–H and O–H groups in total. The average molecular weight is 484 g/mol. The lowest BCUT2D eigenvalue weighted by molar-refractivity contribution is -0.113. The second kappa shape index (κ2) is 10.2. The molecule has 0 aliphatic carbocycles. The van der Waals surface area contributed by atoms with Crippen molar-refractivity contribution in [3.05, 3.63) is 87.9 Å². The number of aromatic nitrogens is 2. The van der Waals surface area contributed by atoms with Crippen LogP contribution in [0.1, 0.15) is 11.1 Å². The van der Waals surface area contributed by atoms with Crippen molar-refractivity contribution in [3.63, 3.8) is 0 Å². The molecule has 0 saturated heterocycles. The van der Waals surface area contributed by atoms with Gasteiger partial charge >= 0.3 is 0 Å². The molecule has 0 atom stereocenters. The molecule has 4 rings (SSSR count). The number of anilines is 1. The molecule has 4 aromatic rings. The smallest absolute Gasteiger partial charge is 0.248 e. The summed E-state index contributed by atoms with van der Waals surface area (Å²) in [6, 6.07) is 20.7. The molecule has 0 fully saturated rings. The maximum absolute atomic E-state index is 12.4. The van der Waals surface area contributed by atoms with Gasteiger partial charge in [-0.2, -0.15) is 0 Å². The van der Waals surface area contributed by atoms with E-state index in [1.807, 2.05) is 67.6 Å². The molecular weight excluding hydrogens is 465 g/mol. The van der Waals surface area contributed by atoms with Crippen LogP contribution >= 0.6 is 35.0 Å². The van der Waals surface area contributed by atoms with Gasteiger partial charge < -0.3 is 9.73 Å². The molecule has 0 aliphatic rings. The van der Waals surface area contributed by atoms with E-state index in [0.29, 0.717) is 39.0 Å². The zero-order valence-corrected chi connectivity index (χ0v) is 19.5. The number of halogens is 2.